The van der Waals surface area contributed by atoms with Crippen LogP contribution in [0.5, 0.6) is 0 Å². The van der Waals surface area contributed by atoms with Crippen LogP contribution in [-0.4, -0.2) is 42.7 Å². The zero-order chi connectivity index (χ0) is 23.2. The number of alkyl halides is 2. The van der Waals surface area contributed by atoms with Gasteiger partial charge in [0.1, 0.15) is 5.82 Å². The summed E-state index contributed by atoms with van der Waals surface area (Å²) in [5, 5.41) is 2.78. The van der Waals surface area contributed by atoms with Gasteiger partial charge in [-0.25, -0.2) is 13.4 Å². The maximum atomic E-state index is 13.7. The number of halogens is 2. The van der Waals surface area contributed by atoms with E-state index in [9.17, 15) is 22.0 Å². The molecule has 2 aromatic carbocycles. The first-order valence-corrected chi connectivity index (χ1v) is 12.1. The van der Waals surface area contributed by atoms with E-state index >= 15 is 0 Å². The van der Waals surface area contributed by atoms with Crippen molar-refractivity contribution >= 4 is 32.7 Å². The molecule has 10 heteroatoms. The quantitative estimate of drug-likeness (QED) is 0.606. The third kappa shape index (κ3) is 3.94. The van der Waals surface area contributed by atoms with Crippen molar-refractivity contribution in [3.63, 3.8) is 0 Å². The highest BCUT2D eigenvalue weighted by atomic mass is 32.2. The molecule has 1 amide bonds. The molecule has 2 atom stereocenters. The molecule has 7 nitrogen and oxygen atoms in total. The number of para-hydroxylation sites is 2. The number of sulfonamides is 1. The van der Waals surface area contributed by atoms with Gasteiger partial charge in [0, 0.05) is 24.1 Å². The number of anilines is 1. The lowest BCUT2D eigenvalue weighted by molar-refractivity contribution is 0.0704. The van der Waals surface area contributed by atoms with E-state index in [4.69, 9.17) is 0 Å². The van der Waals surface area contributed by atoms with Gasteiger partial charge in [-0.2, -0.15) is 8.78 Å². The Balaban J connectivity index is 1.51. The maximum Gasteiger partial charge on any atom is 0.320 e. The lowest BCUT2D eigenvalue weighted by atomic mass is 10.1. The number of hydrogen-bond acceptors (Lipinski definition) is 4. The largest absolute Gasteiger partial charge is 0.351 e. The van der Waals surface area contributed by atoms with Crippen LogP contribution < -0.4 is 9.62 Å². The van der Waals surface area contributed by atoms with E-state index in [0.29, 0.717) is 28.7 Å². The molecule has 0 fully saturated rings. The minimum Gasteiger partial charge on any atom is -0.351 e. The normalized spacial score (nSPS) is 17.1. The van der Waals surface area contributed by atoms with Crippen LogP contribution in [0.4, 0.5) is 14.5 Å². The SMILES string of the molecule is C[C@H](CNC(=O)c1ccc2c(c1)C[C@@H](C)N2S(C)(=O)=O)c1nc2ccccc2n1C(F)F. The average Bonchev–Trinajstić information content (AvgIpc) is 3.27. The Labute approximate surface area is 185 Å². The summed E-state index contributed by atoms with van der Waals surface area (Å²) >= 11 is 0. The van der Waals surface area contributed by atoms with E-state index < -0.39 is 22.5 Å². The third-order valence-corrected chi connectivity index (χ3v) is 6.95. The fourth-order valence-corrected chi connectivity index (χ4v) is 5.57. The number of rotatable bonds is 6. The highest BCUT2D eigenvalue weighted by Gasteiger charge is 2.33. The molecule has 170 valence electrons. The van der Waals surface area contributed by atoms with E-state index in [-0.39, 0.29) is 24.3 Å². The number of carbonyl (C=O) groups is 1. The predicted octanol–water partition coefficient (Wildman–Crippen LogP) is 3.68. The number of carbonyl (C=O) groups excluding carboxylic acids is 1. The molecule has 4 rings (SSSR count). The van der Waals surface area contributed by atoms with Gasteiger partial charge in [0.05, 0.1) is 23.0 Å². The fraction of sp³-hybridized carbons (Fsp3) is 0.364. The van der Waals surface area contributed by atoms with E-state index in [1.165, 1.54) is 4.31 Å². The van der Waals surface area contributed by atoms with Gasteiger partial charge < -0.3 is 5.32 Å². The van der Waals surface area contributed by atoms with Crippen LogP contribution in [0.3, 0.4) is 0 Å². The zero-order valence-corrected chi connectivity index (χ0v) is 18.7. The fourth-order valence-electron chi connectivity index (χ4n) is 4.30. The molecule has 1 aromatic heterocycles. The Hall–Kier alpha value is -3.01. The second-order valence-electron chi connectivity index (χ2n) is 8.17. The van der Waals surface area contributed by atoms with Crippen molar-refractivity contribution in [2.75, 3.05) is 17.1 Å². The van der Waals surface area contributed by atoms with Gasteiger partial charge in [0.2, 0.25) is 10.0 Å². The molecule has 1 aliphatic rings. The Morgan fingerprint density at radius 2 is 1.97 bits per heavy atom. The van der Waals surface area contributed by atoms with Gasteiger partial charge in [0.25, 0.3) is 5.91 Å². The lowest BCUT2D eigenvalue weighted by Gasteiger charge is -2.22. The van der Waals surface area contributed by atoms with Crippen molar-refractivity contribution < 1.29 is 22.0 Å². The molecule has 1 N–H and O–H groups in total. The first-order chi connectivity index (χ1) is 15.1. The molecule has 0 radical (unpaired) electrons. The smallest absolute Gasteiger partial charge is 0.320 e. The molecule has 3 aromatic rings. The van der Waals surface area contributed by atoms with Crippen LogP contribution in [0.15, 0.2) is 42.5 Å². The van der Waals surface area contributed by atoms with Gasteiger partial charge in [-0.15, -0.1) is 0 Å². The van der Waals surface area contributed by atoms with Crippen LogP contribution in [0.25, 0.3) is 11.0 Å². The summed E-state index contributed by atoms with van der Waals surface area (Å²) < 4.78 is 53.7. The summed E-state index contributed by atoms with van der Waals surface area (Å²) in [7, 11) is -3.41. The van der Waals surface area contributed by atoms with E-state index in [1.54, 1.807) is 49.4 Å². The molecule has 0 saturated carbocycles. The van der Waals surface area contributed by atoms with Crippen LogP contribution >= 0.6 is 0 Å². The minimum absolute atomic E-state index is 0.123. The van der Waals surface area contributed by atoms with Crippen LogP contribution in [0.2, 0.25) is 0 Å². The Morgan fingerprint density at radius 1 is 1.25 bits per heavy atom. The number of imidazole rings is 1. The molecule has 2 heterocycles. The Morgan fingerprint density at radius 3 is 2.66 bits per heavy atom. The molecule has 1 aliphatic heterocycles. The maximum absolute atomic E-state index is 13.7. The van der Waals surface area contributed by atoms with Crippen molar-refractivity contribution in [2.24, 2.45) is 0 Å². The Bertz CT molecular complexity index is 1290. The Kier molecular flexibility index (Phi) is 5.66. The van der Waals surface area contributed by atoms with Crippen molar-refractivity contribution in [1.82, 2.24) is 14.9 Å². The van der Waals surface area contributed by atoms with Gasteiger partial charge in [-0.3, -0.25) is 13.7 Å². The van der Waals surface area contributed by atoms with Gasteiger partial charge in [0.15, 0.2) is 0 Å². The highest BCUT2D eigenvalue weighted by Crippen LogP contribution is 2.34. The van der Waals surface area contributed by atoms with Crippen LogP contribution in [0.1, 0.15) is 48.1 Å². The summed E-state index contributed by atoms with van der Waals surface area (Å²) in [6.07, 6.45) is 1.67. The predicted molar refractivity (Wildman–Crippen MR) is 119 cm³/mol. The first-order valence-electron chi connectivity index (χ1n) is 10.2. The third-order valence-electron chi connectivity index (χ3n) is 5.68. The summed E-state index contributed by atoms with van der Waals surface area (Å²) in [4.78, 5) is 17.1. The highest BCUT2D eigenvalue weighted by molar-refractivity contribution is 7.92. The van der Waals surface area contributed by atoms with Gasteiger partial charge >= 0.3 is 6.55 Å². The van der Waals surface area contributed by atoms with Gasteiger partial charge in [-0.05, 0) is 49.2 Å². The van der Waals surface area contributed by atoms with Crippen LogP contribution in [0, 0.1) is 0 Å². The number of fused-ring (bicyclic) bond motifs is 2. The van der Waals surface area contributed by atoms with Crippen molar-refractivity contribution in [3.05, 3.63) is 59.4 Å². The van der Waals surface area contributed by atoms with Gasteiger partial charge in [-0.1, -0.05) is 19.1 Å². The minimum atomic E-state index is -3.41. The zero-order valence-electron chi connectivity index (χ0n) is 17.9. The number of benzene rings is 2. The monoisotopic (exact) mass is 462 g/mol. The number of amides is 1. The topological polar surface area (TPSA) is 84.3 Å². The van der Waals surface area contributed by atoms with Crippen molar-refractivity contribution in [1.29, 1.82) is 0 Å². The number of nitrogens with zero attached hydrogens (tertiary/aromatic N) is 3. The number of hydrogen-bond donors (Lipinski definition) is 1. The molecule has 0 spiro atoms. The van der Waals surface area contributed by atoms with E-state index in [2.05, 4.69) is 10.3 Å². The standard InChI is InChI=1S/C22H24F2N4O3S/c1-13(20-26-17-6-4-5-7-19(17)27(20)22(23)24)12-25-21(29)15-8-9-18-16(11-15)10-14(2)28(18)32(3,30)31/h4-9,11,13-14,22H,10,12H2,1-3H3,(H,25,29)/t13-,14-/m1/s1. The van der Waals surface area contributed by atoms with E-state index in [1.807, 2.05) is 6.92 Å². The van der Waals surface area contributed by atoms with Crippen molar-refractivity contribution in [3.8, 4) is 0 Å². The lowest BCUT2D eigenvalue weighted by Crippen LogP contribution is -2.34. The summed E-state index contributed by atoms with van der Waals surface area (Å²) in [6.45, 7) is 0.927. The second kappa shape index (κ2) is 8.16. The number of nitrogens with one attached hydrogen (secondary N) is 1. The molecule has 32 heavy (non-hydrogen) atoms. The average molecular weight is 463 g/mol. The molecule has 0 bridgehead atoms. The molecule has 0 aliphatic carbocycles. The summed E-state index contributed by atoms with van der Waals surface area (Å²) in [5.74, 6) is -0.603. The van der Waals surface area contributed by atoms with Crippen molar-refractivity contribution in [2.45, 2.75) is 38.8 Å². The molecule has 0 saturated heterocycles. The van der Waals surface area contributed by atoms with E-state index in [0.717, 1.165) is 16.4 Å². The second-order valence-corrected chi connectivity index (χ2v) is 10.0. The molecule has 0 unspecified atom stereocenters. The summed E-state index contributed by atoms with van der Waals surface area (Å²) in [5.41, 5.74) is 2.57. The van der Waals surface area contributed by atoms with Crippen LogP contribution in [-0.2, 0) is 16.4 Å². The number of aromatic nitrogens is 2. The first kappa shape index (κ1) is 22.2. The molecular weight excluding hydrogens is 438 g/mol. The summed E-state index contributed by atoms with van der Waals surface area (Å²) in [6, 6.07) is 11.4. The molecular formula is C22H24F2N4O3S.